The van der Waals surface area contributed by atoms with E-state index in [4.69, 9.17) is 9.47 Å². The molecule has 5 heteroatoms. The molecule has 1 fully saturated rings. The molecule has 1 aliphatic heterocycles. The summed E-state index contributed by atoms with van der Waals surface area (Å²) < 4.78 is 24.3. The third kappa shape index (κ3) is 5.92. The van der Waals surface area contributed by atoms with E-state index in [1.54, 1.807) is 6.07 Å². The Labute approximate surface area is 137 Å². The van der Waals surface area contributed by atoms with Crippen LogP contribution in [-0.4, -0.2) is 38.4 Å². The van der Waals surface area contributed by atoms with Gasteiger partial charge in [0.2, 0.25) is 5.91 Å². The zero-order valence-corrected chi connectivity index (χ0v) is 13.9. The number of nitrogens with one attached hydrogen (secondary N) is 1. The quantitative estimate of drug-likeness (QED) is 0.748. The van der Waals surface area contributed by atoms with Crippen molar-refractivity contribution >= 4 is 5.91 Å². The topological polar surface area (TPSA) is 47.6 Å². The summed E-state index contributed by atoms with van der Waals surface area (Å²) in [6.45, 7) is 6.19. The summed E-state index contributed by atoms with van der Waals surface area (Å²) in [5.41, 5.74) is 0.545. The minimum atomic E-state index is -0.323. The monoisotopic (exact) mass is 323 g/mol. The molecule has 0 saturated carbocycles. The largest absolute Gasteiger partial charge is 0.378 e. The lowest BCUT2D eigenvalue weighted by atomic mass is 9.84. The van der Waals surface area contributed by atoms with Gasteiger partial charge in [0.15, 0.2) is 0 Å². The highest BCUT2D eigenvalue weighted by Crippen LogP contribution is 2.22. The minimum absolute atomic E-state index is 0.0539. The number of rotatable bonds is 8. The maximum atomic E-state index is 13.3. The van der Waals surface area contributed by atoms with E-state index in [0.717, 1.165) is 25.0 Å². The summed E-state index contributed by atoms with van der Waals surface area (Å²) >= 11 is 0. The Bertz CT molecular complexity index is 513. The van der Waals surface area contributed by atoms with E-state index in [1.807, 2.05) is 19.9 Å². The van der Waals surface area contributed by atoms with Crippen molar-refractivity contribution in [1.82, 2.24) is 5.32 Å². The van der Waals surface area contributed by atoms with Gasteiger partial charge in [0.05, 0.1) is 19.3 Å². The molecule has 1 aromatic rings. The van der Waals surface area contributed by atoms with Gasteiger partial charge >= 0.3 is 0 Å². The predicted molar refractivity (Wildman–Crippen MR) is 86.8 cm³/mol. The number of ether oxygens (including phenoxy) is 2. The van der Waals surface area contributed by atoms with Crippen molar-refractivity contribution in [2.45, 2.75) is 44.6 Å². The molecule has 1 aliphatic rings. The van der Waals surface area contributed by atoms with Crippen LogP contribution in [-0.2, 0) is 19.7 Å². The van der Waals surface area contributed by atoms with Crippen molar-refractivity contribution in [3.63, 3.8) is 0 Å². The highest BCUT2D eigenvalue weighted by molar-refractivity contribution is 5.76. The normalized spacial score (nSPS) is 18.1. The fraction of sp³-hybridized carbons (Fsp3) is 0.611. The molecule has 1 atom stereocenters. The first-order valence-electron chi connectivity index (χ1n) is 8.19. The van der Waals surface area contributed by atoms with Gasteiger partial charge in [-0.2, -0.15) is 0 Å². The Morgan fingerprint density at radius 3 is 3.00 bits per heavy atom. The molecular formula is C18H26FNO3. The number of carbonyl (C=O) groups is 1. The highest BCUT2D eigenvalue weighted by Gasteiger charge is 2.22. The number of carbonyl (C=O) groups excluding carboxylic acids is 1. The second-order valence-electron chi connectivity index (χ2n) is 6.63. The van der Waals surface area contributed by atoms with Crippen LogP contribution in [0, 0.1) is 5.82 Å². The van der Waals surface area contributed by atoms with Gasteiger partial charge in [0.1, 0.15) is 5.82 Å². The summed E-state index contributed by atoms with van der Waals surface area (Å²) in [6.07, 6.45) is 2.63. The van der Waals surface area contributed by atoms with Crippen LogP contribution in [0.15, 0.2) is 24.3 Å². The second kappa shape index (κ2) is 8.41. The van der Waals surface area contributed by atoms with Gasteiger partial charge in [0, 0.05) is 25.0 Å². The molecule has 1 amide bonds. The van der Waals surface area contributed by atoms with E-state index in [0.29, 0.717) is 26.2 Å². The molecule has 23 heavy (non-hydrogen) atoms. The zero-order chi connectivity index (χ0) is 16.7. The number of hydrogen-bond acceptors (Lipinski definition) is 3. The van der Waals surface area contributed by atoms with E-state index in [2.05, 4.69) is 5.32 Å². The molecule has 0 bridgehead atoms. The maximum Gasteiger partial charge on any atom is 0.222 e. The average molecular weight is 323 g/mol. The van der Waals surface area contributed by atoms with Crippen molar-refractivity contribution in [3.05, 3.63) is 35.6 Å². The van der Waals surface area contributed by atoms with E-state index in [9.17, 15) is 9.18 Å². The van der Waals surface area contributed by atoms with Gasteiger partial charge < -0.3 is 14.8 Å². The van der Waals surface area contributed by atoms with Crippen molar-refractivity contribution in [1.29, 1.82) is 0 Å². The van der Waals surface area contributed by atoms with Crippen LogP contribution < -0.4 is 5.32 Å². The maximum absolute atomic E-state index is 13.3. The number of hydrogen-bond donors (Lipinski definition) is 1. The van der Waals surface area contributed by atoms with Crippen LogP contribution in [0.3, 0.4) is 0 Å². The lowest BCUT2D eigenvalue weighted by Crippen LogP contribution is -2.37. The zero-order valence-electron chi connectivity index (χ0n) is 13.9. The Morgan fingerprint density at radius 1 is 1.48 bits per heavy atom. The van der Waals surface area contributed by atoms with Crippen LogP contribution >= 0.6 is 0 Å². The van der Waals surface area contributed by atoms with Gasteiger partial charge in [-0.25, -0.2) is 4.39 Å². The van der Waals surface area contributed by atoms with E-state index in [-0.39, 0.29) is 23.2 Å². The number of halogens is 1. The molecule has 0 radical (unpaired) electrons. The van der Waals surface area contributed by atoms with Gasteiger partial charge in [-0.15, -0.1) is 0 Å². The number of benzene rings is 1. The highest BCUT2D eigenvalue weighted by atomic mass is 19.1. The van der Waals surface area contributed by atoms with Crippen LogP contribution in [0.1, 0.15) is 38.7 Å². The average Bonchev–Trinajstić information content (AvgIpc) is 3.03. The van der Waals surface area contributed by atoms with Gasteiger partial charge in [-0.1, -0.05) is 26.0 Å². The van der Waals surface area contributed by atoms with Crippen LogP contribution in [0.2, 0.25) is 0 Å². The third-order valence-electron chi connectivity index (χ3n) is 4.13. The summed E-state index contributed by atoms with van der Waals surface area (Å²) in [7, 11) is 0. The molecule has 0 aliphatic carbocycles. The molecule has 2 rings (SSSR count). The van der Waals surface area contributed by atoms with E-state index >= 15 is 0 Å². The van der Waals surface area contributed by atoms with Crippen LogP contribution in [0.5, 0.6) is 0 Å². The molecular weight excluding hydrogens is 297 g/mol. The van der Waals surface area contributed by atoms with Gasteiger partial charge in [0.25, 0.3) is 0 Å². The Balaban J connectivity index is 1.66. The lowest BCUT2D eigenvalue weighted by molar-refractivity contribution is -0.122. The smallest absolute Gasteiger partial charge is 0.222 e. The molecule has 1 N–H and O–H groups in total. The summed E-state index contributed by atoms with van der Waals surface area (Å²) in [5.74, 6) is -0.314. The van der Waals surface area contributed by atoms with Crippen molar-refractivity contribution in [2.75, 3.05) is 26.4 Å². The van der Waals surface area contributed by atoms with Crippen molar-refractivity contribution in [2.24, 2.45) is 0 Å². The molecule has 0 aromatic heterocycles. The first-order valence-corrected chi connectivity index (χ1v) is 8.19. The van der Waals surface area contributed by atoms with Gasteiger partial charge in [-0.3, -0.25) is 4.79 Å². The molecule has 1 heterocycles. The second-order valence-corrected chi connectivity index (χ2v) is 6.63. The predicted octanol–water partition coefficient (Wildman–Crippen LogP) is 2.81. The molecule has 1 aromatic carbocycles. The molecule has 128 valence electrons. The summed E-state index contributed by atoms with van der Waals surface area (Å²) in [5, 5.41) is 2.90. The fourth-order valence-electron chi connectivity index (χ4n) is 2.57. The van der Waals surface area contributed by atoms with Crippen molar-refractivity contribution in [3.8, 4) is 0 Å². The summed E-state index contributed by atoms with van der Waals surface area (Å²) in [4.78, 5) is 11.9. The van der Waals surface area contributed by atoms with Crippen LogP contribution in [0.4, 0.5) is 4.39 Å². The molecule has 1 saturated heterocycles. The number of amides is 1. The molecule has 1 unspecified atom stereocenters. The minimum Gasteiger partial charge on any atom is -0.378 e. The van der Waals surface area contributed by atoms with Gasteiger partial charge in [-0.05, 0) is 30.5 Å². The first-order chi connectivity index (χ1) is 11.0. The fourth-order valence-corrected chi connectivity index (χ4v) is 2.57. The Kier molecular flexibility index (Phi) is 6.54. The Morgan fingerprint density at radius 2 is 2.30 bits per heavy atom. The van der Waals surface area contributed by atoms with E-state index in [1.165, 1.54) is 12.1 Å². The Hall–Kier alpha value is -1.46. The third-order valence-corrected chi connectivity index (χ3v) is 4.13. The molecule has 4 nitrogen and oxygen atoms in total. The standard InChI is InChI=1S/C18H26FNO3/c1-18(2,14-5-3-6-15(19)11-14)13-20-17(21)8-10-22-12-16-7-4-9-23-16/h3,5-6,11,16H,4,7-10,12-13H2,1-2H3,(H,20,21). The summed E-state index contributed by atoms with van der Waals surface area (Å²) in [6, 6.07) is 6.49. The lowest BCUT2D eigenvalue weighted by Gasteiger charge is -2.25. The molecule has 0 spiro atoms. The first kappa shape index (κ1) is 17.9. The van der Waals surface area contributed by atoms with Crippen molar-refractivity contribution < 1.29 is 18.7 Å². The SMILES string of the molecule is CC(C)(CNC(=O)CCOCC1CCCO1)c1cccc(F)c1. The van der Waals surface area contributed by atoms with Crippen LogP contribution in [0.25, 0.3) is 0 Å². The van der Waals surface area contributed by atoms with E-state index < -0.39 is 0 Å².